The zero-order valence-electron chi connectivity index (χ0n) is 19.3. The molecule has 10 nitrogen and oxygen atoms in total. The van der Waals surface area contributed by atoms with Crippen molar-refractivity contribution in [1.29, 1.82) is 0 Å². The second-order valence-electron chi connectivity index (χ2n) is 9.32. The molecule has 180 valence electrons. The highest BCUT2D eigenvalue weighted by Crippen LogP contribution is 2.57. The molecule has 0 spiro atoms. The third-order valence-corrected chi connectivity index (χ3v) is 8.74. The summed E-state index contributed by atoms with van der Waals surface area (Å²) in [5.74, 6) is -0.105. The number of aliphatic hydroxyl groups is 2. The summed E-state index contributed by atoms with van der Waals surface area (Å²) in [7, 11) is -3.40. The number of nitrogen functional groups attached to an aromatic ring is 1. The summed E-state index contributed by atoms with van der Waals surface area (Å²) in [4.78, 5) is 12.4. The van der Waals surface area contributed by atoms with E-state index in [2.05, 4.69) is 15.0 Å². The van der Waals surface area contributed by atoms with Gasteiger partial charge in [0.15, 0.2) is 11.5 Å². The second-order valence-corrected chi connectivity index (χ2v) is 11.7. The zero-order chi connectivity index (χ0) is 24.0. The molecule has 0 aliphatic heterocycles. The summed E-state index contributed by atoms with van der Waals surface area (Å²) < 4.78 is 26.3. The van der Waals surface area contributed by atoms with Crippen LogP contribution in [-0.4, -0.2) is 60.3 Å². The highest BCUT2D eigenvalue weighted by molar-refractivity contribution is 7.53. The number of rotatable bonds is 8. The van der Waals surface area contributed by atoms with Gasteiger partial charge in [0, 0.05) is 5.41 Å². The molecule has 12 heteroatoms. The monoisotopic (exact) mass is 489 g/mol. The first-order valence-electron chi connectivity index (χ1n) is 10.8. The number of aromatic nitrogens is 4. The molecular weight excluding hydrogens is 457 g/mol. The standard InChI is InChI=1S/C20H33ClN5O5P/c1-10(2)30-32(29,31-11(3)4)8-7-20(6)12(5)14(15(27)16(20)28)26-9-23-13-17(22)24-19(21)25-18(13)26/h9-12,14-16,27-28H,7-8H2,1-6H3,(H2,22,24,25)/t12-,14?,15+,16+,20+/m1/s1. The van der Waals surface area contributed by atoms with Crippen LogP contribution in [0.5, 0.6) is 0 Å². The SMILES string of the molecule is CC(C)OP(=O)(CC[C@@]1(C)[C@H](C)C(n2cnc3c(N)nc(Cl)nc32)[C@H](O)[C@@H]1O)OC(C)C. The number of aliphatic hydroxyl groups excluding tert-OH is 2. The highest BCUT2D eigenvalue weighted by Gasteiger charge is 2.56. The van der Waals surface area contributed by atoms with Crippen molar-refractivity contribution in [1.82, 2.24) is 19.5 Å². The van der Waals surface area contributed by atoms with Crippen LogP contribution in [0.15, 0.2) is 6.33 Å². The van der Waals surface area contributed by atoms with Crippen molar-refractivity contribution >= 4 is 36.2 Å². The smallest absolute Gasteiger partial charge is 0.331 e. The quantitative estimate of drug-likeness (QED) is 0.375. The number of anilines is 1. The maximum absolute atomic E-state index is 13.3. The van der Waals surface area contributed by atoms with Crippen molar-refractivity contribution in [3.8, 4) is 0 Å². The lowest BCUT2D eigenvalue weighted by molar-refractivity contribution is -0.0267. The van der Waals surface area contributed by atoms with E-state index in [0.29, 0.717) is 17.6 Å². The highest BCUT2D eigenvalue weighted by atomic mass is 35.5. The van der Waals surface area contributed by atoms with Crippen molar-refractivity contribution in [3.05, 3.63) is 11.6 Å². The third kappa shape index (κ3) is 4.67. The van der Waals surface area contributed by atoms with Crippen LogP contribution in [0.4, 0.5) is 5.82 Å². The van der Waals surface area contributed by atoms with Gasteiger partial charge in [-0.2, -0.15) is 9.97 Å². The van der Waals surface area contributed by atoms with Crippen LogP contribution in [0.25, 0.3) is 11.2 Å². The Labute approximate surface area is 193 Å². The Hall–Kier alpha value is -1.29. The molecule has 0 bridgehead atoms. The normalized spacial score (nSPS) is 29.0. The van der Waals surface area contributed by atoms with Crippen LogP contribution in [0.2, 0.25) is 5.28 Å². The van der Waals surface area contributed by atoms with Gasteiger partial charge in [0.25, 0.3) is 0 Å². The molecule has 2 aromatic heterocycles. The summed E-state index contributed by atoms with van der Waals surface area (Å²) in [6, 6.07) is -0.554. The number of hydrogen-bond acceptors (Lipinski definition) is 9. The van der Waals surface area contributed by atoms with Gasteiger partial charge in [-0.05, 0) is 51.6 Å². The van der Waals surface area contributed by atoms with E-state index >= 15 is 0 Å². The van der Waals surface area contributed by atoms with E-state index in [-0.39, 0.29) is 35.4 Å². The molecule has 1 aliphatic rings. The van der Waals surface area contributed by atoms with E-state index < -0.39 is 31.3 Å². The Balaban J connectivity index is 1.92. The van der Waals surface area contributed by atoms with Gasteiger partial charge in [-0.25, -0.2) is 4.98 Å². The summed E-state index contributed by atoms with van der Waals surface area (Å²) in [5.41, 5.74) is 5.89. The number of imidazole rings is 1. The van der Waals surface area contributed by atoms with Crippen LogP contribution in [-0.2, 0) is 13.6 Å². The van der Waals surface area contributed by atoms with E-state index in [4.69, 9.17) is 26.4 Å². The van der Waals surface area contributed by atoms with Gasteiger partial charge in [-0.15, -0.1) is 0 Å². The van der Waals surface area contributed by atoms with E-state index in [0.717, 1.165) is 0 Å². The van der Waals surface area contributed by atoms with Gasteiger partial charge in [0.2, 0.25) is 5.28 Å². The molecule has 0 aromatic carbocycles. The van der Waals surface area contributed by atoms with Crippen LogP contribution < -0.4 is 5.73 Å². The molecule has 1 aliphatic carbocycles. The first-order valence-corrected chi connectivity index (χ1v) is 12.9. The molecule has 2 aromatic rings. The predicted octanol–water partition coefficient (Wildman–Crippen LogP) is 3.41. The van der Waals surface area contributed by atoms with Crippen LogP contribution in [0.1, 0.15) is 54.0 Å². The molecule has 3 rings (SSSR count). The summed E-state index contributed by atoms with van der Waals surface area (Å²) in [6.07, 6.45) is -0.785. The zero-order valence-corrected chi connectivity index (χ0v) is 20.9. The lowest BCUT2D eigenvalue weighted by atomic mass is 9.76. The Morgan fingerprint density at radius 2 is 1.84 bits per heavy atom. The average Bonchev–Trinajstić information content (AvgIpc) is 3.13. The minimum atomic E-state index is -3.40. The molecule has 32 heavy (non-hydrogen) atoms. The van der Waals surface area contributed by atoms with Crippen molar-refractivity contribution < 1.29 is 23.8 Å². The van der Waals surface area contributed by atoms with Gasteiger partial charge in [0.1, 0.15) is 11.6 Å². The molecule has 1 unspecified atom stereocenters. The van der Waals surface area contributed by atoms with Crippen LogP contribution in [0.3, 0.4) is 0 Å². The Bertz CT molecular complexity index is 1000. The Morgan fingerprint density at radius 1 is 1.25 bits per heavy atom. The average molecular weight is 490 g/mol. The molecule has 0 amide bonds. The van der Waals surface area contributed by atoms with E-state index in [9.17, 15) is 14.8 Å². The summed E-state index contributed by atoms with van der Waals surface area (Å²) in [6.45, 7) is 11.0. The Morgan fingerprint density at radius 3 is 2.41 bits per heavy atom. The van der Waals surface area contributed by atoms with E-state index in [1.165, 1.54) is 6.33 Å². The number of nitrogens with two attached hydrogens (primary N) is 1. The van der Waals surface area contributed by atoms with Gasteiger partial charge >= 0.3 is 7.60 Å². The summed E-state index contributed by atoms with van der Waals surface area (Å²) >= 11 is 5.99. The number of fused-ring (bicyclic) bond motifs is 1. The van der Waals surface area contributed by atoms with Crippen LogP contribution >= 0.6 is 19.2 Å². The molecule has 1 fully saturated rings. The fraction of sp³-hybridized carbons (Fsp3) is 0.750. The predicted molar refractivity (Wildman–Crippen MR) is 123 cm³/mol. The van der Waals surface area contributed by atoms with Crippen LogP contribution in [0, 0.1) is 11.3 Å². The molecule has 2 heterocycles. The Kier molecular flexibility index (Phi) is 7.25. The van der Waals surface area contributed by atoms with E-state index in [1.54, 1.807) is 32.3 Å². The topological polar surface area (TPSA) is 146 Å². The van der Waals surface area contributed by atoms with Crippen molar-refractivity contribution in [3.63, 3.8) is 0 Å². The van der Waals surface area contributed by atoms with Gasteiger partial charge in [0.05, 0.1) is 36.8 Å². The maximum atomic E-state index is 13.3. The molecule has 0 saturated heterocycles. The molecular formula is C20H33ClN5O5P. The summed E-state index contributed by atoms with van der Waals surface area (Å²) in [5, 5.41) is 22.0. The van der Waals surface area contributed by atoms with Gasteiger partial charge in [-0.1, -0.05) is 13.8 Å². The van der Waals surface area contributed by atoms with Gasteiger partial charge < -0.3 is 29.6 Å². The lowest BCUT2D eigenvalue weighted by Gasteiger charge is -2.35. The fourth-order valence-corrected chi connectivity index (χ4v) is 7.06. The second kappa shape index (κ2) is 9.16. The number of hydrogen-bond donors (Lipinski definition) is 3. The minimum Gasteiger partial charge on any atom is -0.390 e. The van der Waals surface area contributed by atoms with Crippen molar-refractivity contribution in [2.75, 3.05) is 11.9 Å². The molecule has 0 radical (unpaired) electrons. The lowest BCUT2D eigenvalue weighted by Crippen LogP contribution is -2.36. The van der Waals surface area contributed by atoms with E-state index in [1.807, 2.05) is 13.8 Å². The van der Waals surface area contributed by atoms with Crippen molar-refractivity contribution in [2.24, 2.45) is 11.3 Å². The van der Waals surface area contributed by atoms with Crippen molar-refractivity contribution in [2.45, 2.75) is 78.4 Å². The van der Waals surface area contributed by atoms with Gasteiger partial charge in [-0.3, -0.25) is 4.57 Å². The largest absolute Gasteiger partial charge is 0.390 e. The maximum Gasteiger partial charge on any atom is 0.331 e. The third-order valence-electron chi connectivity index (χ3n) is 6.31. The molecule has 1 saturated carbocycles. The molecule has 5 atom stereocenters. The number of halogens is 1. The number of nitrogens with zero attached hydrogens (tertiary/aromatic N) is 4. The molecule has 4 N–H and O–H groups in total. The first-order chi connectivity index (χ1) is 14.8. The minimum absolute atomic E-state index is 0.0298. The fourth-order valence-electron chi connectivity index (χ4n) is 4.59. The first kappa shape index (κ1) is 25.3.